The van der Waals surface area contributed by atoms with E-state index in [4.69, 9.17) is 5.11 Å². The second kappa shape index (κ2) is 6.04. The molecular formula is C13H20N2O4. The van der Waals surface area contributed by atoms with Crippen molar-refractivity contribution in [2.75, 3.05) is 6.54 Å². The van der Waals surface area contributed by atoms with Gasteiger partial charge in [0.15, 0.2) is 0 Å². The van der Waals surface area contributed by atoms with Crippen molar-refractivity contribution in [2.45, 2.75) is 44.6 Å². The normalized spacial score (nSPS) is 19.6. The maximum absolute atomic E-state index is 11.5. The van der Waals surface area contributed by atoms with Crippen molar-refractivity contribution in [3.63, 3.8) is 0 Å². The number of hydrogen-bond acceptors (Lipinski definition) is 3. The van der Waals surface area contributed by atoms with E-state index in [0.717, 1.165) is 25.7 Å². The van der Waals surface area contributed by atoms with E-state index in [-0.39, 0.29) is 23.7 Å². The van der Waals surface area contributed by atoms with Gasteiger partial charge in [-0.05, 0) is 38.5 Å². The quantitative estimate of drug-likeness (QED) is 0.551. The van der Waals surface area contributed by atoms with Crippen LogP contribution in [0, 0.1) is 11.8 Å². The fourth-order valence-corrected chi connectivity index (χ4v) is 1.90. The van der Waals surface area contributed by atoms with Crippen LogP contribution in [0.4, 0.5) is 0 Å². The first kappa shape index (κ1) is 13.8. The average Bonchev–Trinajstić information content (AvgIpc) is 3.22. The van der Waals surface area contributed by atoms with Gasteiger partial charge in [-0.15, -0.1) is 0 Å². The highest BCUT2D eigenvalue weighted by Crippen LogP contribution is 2.29. The first-order valence-electron chi connectivity index (χ1n) is 6.89. The zero-order valence-corrected chi connectivity index (χ0v) is 10.9. The third kappa shape index (κ3) is 4.54. The van der Waals surface area contributed by atoms with Crippen LogP contribution in [0.15, 0.2) is 0 Å². The van der Waals surface area contributed by atoms with Gasteiger partial charge in [0.05, 0.1) is 0 Å². The molecule has 0 heterocycles. The largest absolute Gasteiger partial charge is 0.480 e. The van der Waals surface area contributed by atoms with Crippen LogP contribution in [-0.4, -0.2) is 35.5 Å². The summed E-state index contributed by atoms with van der Waals surface area (Å²) in [7, 11) is 0. The number of aliphatic carboxylic acids is 1. The van der Waals surface area contributed by atoms with Gasteiger partial charge in [-0.2, -0.15) is 0 Å². The summed E-state index contributed by atoms with van der Waals surface area (Å²) in [5.74, 6) is -0.924. The molecule has 2 saturated carbocycles. The lowest BCUT2D eigenvalue weighted by atomic mass is 10.1. The lowest BCUT2D eigenvalue weighted by Crippen LogP contribution is -2.42. The second-order valence-electron chi connectivity index (χ2n) is 5.38. The van der Waals surface area contributed by atoms with E-state index in [1.807, 2.05) is 0 Å². The zero-order chi connectivity index (χ0) is 13.8. The van der Waals surface area contributed by atoms with Gasteiger partial charge in [0.25, 0.3) is 0 Å². The second-order valence-corrected chi connectivity index (χ2v) is 5.38. The van der Waals surface area contributed by atoms with Crippen molar-refractivity contribution in [2.24, 2.45) is 11.8 Å². The van der Waals surface area contributed by atoms with Gasteiger partial charge in [0.2, 0.25) is 11.8 Å². The van der Waals surface area contributed by atoms with Crippen LogP contribution in [0.3, 0.4) is 0 Å². The van der Waals surface area contributed by atoms with Crippen molar-refractivity contribution >= 4 is 17.8 Å². The zero-order valence-electron chi connectivity index (χ0n) is 10.9. The average molecular weight is 268 g/mol. The molecule has 6 heteroatoms. The molecule has 0 saturated heterocycles. The van der Waals surface area contributed by atoms with E-state index in [2.05, 4.69) is 10.6 Å². The van der Waals surface area contributed by atoms with Crippen LogP contribution in [0.1, 0.15) is 38.5 Å². The SMILES string of the molecule is O=C(NCCC[C@H](NC(=O)C1CC1)C(=O)O)C1CC1. The minimum Gasteiger partial charge on any atom is -0.480 e. The van der Waals surface area contributed by atoms with Crippen LogP contribution in [0.25, 0.3) is 0 Å². The lowest BCUT2D eigenvalue weighted by molar-refractivity contribution is -0.142. The Morgan fingerprint density at radius 3 is 2.16 bits per heavy atom. The van der Waals surface area contributed by atoms with E-state index in [1.54, 1.807) is 0 Å². The van der Waals surface area contributed by atoms with Crippen LogP contribution in [0.5, 0.6) is 0 Å². The minimum atomic E-state index is -1.01. The predicted octanol–water partition coefficient (Wildman–Crippen LogP) is 0.272. The number of hydrogen-bond donors (Lipinski definition) is 3. The van der Waals surface area contributed by atoms with Crippen molar-refractivity contribution in [3.8, 4) is 0 Å². The molecule has 2 amide bonds. The number of carboxylic acids is 1. The maximum Gasteiger partial charge on any atom is 0.326 e. The molecule has 0 spiro atoms. The third-order valence-corrected chi connectivity index (χ3v) is 3.48. The molecule has 19 heavy (non-hydrogen) atoms. The number of carbonyl (C=O) groups is 3. The highest BCUT2D eigenvalue weighted by Gasteiger charge is 2.32. The summed E-state index contributed by atoms with van der Waals surface area (Å²) in [6.45, 7) is 0.471. The molecule has 2 aliphatic rings. The van der Waals surface area contributed by atoms with Crippen molar-refractivity contribution in [3.05, 3.63) is 0 Å². The summed E-state index contributed by atoms with van der Waals surface area (Å²) in [6, 6.07) is -0.842. The molecule has 2 aliphatic carbocycles. The molecule has 0 aromatic carbocycles. The first-order valence-corrected chi connectivity index (χ1v) is 6.89. The highest BCUT2D eigenvalue weighted by atomic mass is 16.4. The third-order valence-electron chi connectivity index (χ3n) is 3.48. The Morgan fingerprint density at radius 1 is 1.05 bits per heavy atom. The summed E-state index contributed by atoms with van der Waals surface area (Å²) >= 11 is 0. The molecule has 0 aliphatic heterocycles. The Labute approximate surface area is 111 Å². The Bertz CT molecular complexity index is 375. The topological polar surface area (TPSA) is 95.5 Å². The van der Waals surface area contributed by atoms with Crippen LogP contribution in [0.2, 0.25) is 0 Å². The van der Waals surface area contributed by atoms with Crippen molar-refractivity contribution < 1.29 is 19.5 Å². The van der Waals surface area contributed by atoms with Crippen LogP contribution < -0.4 is 10.6 Å². The summed E-state index contributed by atoms with van der Waals surface area (Å²) < 4.78 is 0. The molecule has 2 rings (SSSR count). The Hall–Kier alpha value is -1.59. The molecule has 0 unspecified atom stereocenters. The van der Waals surface area contributed by atoms with Gasteiger partial charge in [-0.3, -0.25) is 9.59 Å². The number of amides is 2. The highest BCUT2D eigenvalue weighted by molar-refractivity contribution is 5.86. The lowest BCUT2D eigenvalue weighted by Gasteiger charge is -2.14. The van der Waals surface area contributed by atoms with E-state index in [0.29, 0.717) is 19.4 Å². The molecule has 1 atom stereocenters. The summed E-state index contributed by atoms with van der Waals surface area (Å²) in [5.41, 5.74) is 0. The maximum atomic E-state index is 11.5. The van der Waals surface area contributed by atoms with Crippen LogP contribution >= 0.6 is 0 Å². The molecule has 0 radical (unpaired) electrons. The molecule has 2 fully saturated rings. The van der Waals surface area contributed by atoms with E-state index >= 15 is 0 Å². The molecule has 0 bridgehead atoms. The van der Waals surface area contributed by atoms with E-state index < -0.39 is 12.0 Å². The fourth-order valence-electron chi connectivity index (χ4n) is 1.90. The molecular weight excluding hydrogens is 248 g/mol. The Balaban J connectivity index is 1.63. The smallest absolute Gasteiger partial charge is 0.326 e. The Morgan fingerprint density at radius 2 is 1.63 bits per heavy atom. The minimum absolute atomic E-state index is 0.0106. The van der Waals surface area contributed by atoms with Gasteiger partial charge in [0.1, 0.15) is 6.04 Å². The fraction of sp³-hybridized carbons (Fsp3) is 0.769. The standard InChI is InChI=1S/C13H20N2O4/c16-11(8-3-4-8)14-7-1-2-10(13(18)19)15-12(17)9-5-6-9/h8-10H,1-7H2,(H,14,16)(H,15,17)(H,18,19)/t10-/m0/s1. The summed E-state index contributed by atoms with van der Waals surface area (Å²) in [6.07, 6.45) is 4.53. The van der Waals surface area contributed by atoms with Crippen molar-refractivity contribution in [1.82, 2.24) is 10.6 Å². The number of nitrogens with one attached hydrogen (secondary N) is 2. The van der Waals surface area contributed by atoms with Crippen molar-refractivity contribution in [1.29, 1.82) is 0 Å². The van der Waals surface area contributed by atoms with Gasteiger partial charge in [-0.25, -0.2) is 4.79 Å². The molecule has 106 valence electrons. The predicted molar refractivity (Wildman–Crippen MR) is 67.3 cm³/mol. The molecule has 0 aromatic heterocycles. The summed E-state index contributed by atoms with van der Waals surface area (Å²) in [4.78, 5) is 33.9. The van der Waals surface area contributed by atoms with Gasteiger partial charge in [0, 0.05) is 18.4 Å². The molecule has 0 aromatic rings. The van der Waals surface area contributed by atoms with Gasteiger partial charge in [-0.1, -0.05) is 0 Å². The molecule has 3 N–H and O–H groups in total. The monoisotopic (exact) mass is 268 g/mol. The van der Waals surface area contributed by atoms with Gasteiger partial charge < -0.3 is 15.7 Å². The van der Waals surface area contributed by atoms with Crippen LogP contribution in [-0.2, 0) is 14.4 Å². The van der Waals surface area contributed by atoms with Gasteiger partial charge >= 0.3 is 5.97 Å². The number of carbonyl (C=O) groups excluding carboxylic acids is 2. The Kier molecular flexibility index (Phi) is 4.39. The van der Waals surface area contributed by atoms with E-state index in [1.165, 1.54) is 0 Å². The number of rotatable bonds is 8. The van der Waals surface area contributed by atoms with E-state index in [9.17, 15) is 14.4 Å². The summed E-state index contributed by atoms with van der Waals surface area (Å²) in [5, 5.41) is 14.4. The number of carboxylic acid groups (broad SMARTS) is 1. The molecule has 6 nitrogen and oxygen atoms in total. The first-order chi connectivity index (χ1) is 9.08.